The molecule has 1 aliphatic heterocycles. The first-order valence-electron chi connectivity index (χ1n) is 5.25. The summed E-state index contributed by atoms with van der Waals surface area (Å²) in [4.78, 5) is 15.5. The van der Waals surface area contributed by atoms with Gasteiger partial charge < -0.3 is 10.6 Å². The molecule has 4 nitrogen and oxygen atoms in total. The second kappa shape index (κ2) is 5.39. The van der Waals surface area contributed by atoms with Gasteiger partial charge in [0.25, 0.3) is 0 Å². The van der Waals surface area contributed by atoms with Crippen LogP contribution in [0.25, 0.3) is 0 Å². The van der Waals surface area contributed by atoms with Crippen LogP contribution in [0, 0.1) is 0 Å². The number of carbonyl (C=O) groups is 1. The topological polar surface area (TPSA) is 53.5 Å². The Hall–Kier alpha value is -0.710. The minimum Gasteiger partial charge on any atom is -0.359 e. The molecule has 1 rings (SSSR count). The molecular formula is C10H19N3OS. The van der Waals surface area contributed by atoms with E-state index in [1.165, 1.54) is 0 Å². The van der Waals surface area contributed by atoms with Gasteiger partial charge in [0.2, 0.25) is 5.91 Å². The van der Waals surface area contributed by atoms with Crippen LogP contribution in [0.3, 0.4) is 0 Å². The number of amidine groups is 1. The van der Waals surface area contributed by atoms with Gasteiger partial charge in [-0.1, -0.05) is 18.7 Å². The first kappa shape index (κ1) is 12.4. The summed E-state index contributed by atoms with van der Waals surface area (Å²) in [5, 5.41) is 6.95. The lowest BCUT2D eigenvalue weighted by atomic mass is 10.1. The third kappa shape index (κ3) is 4.55. The molecule has 1 heterocycles. The third-order valence-electron chi connectivity index (χ3n) is 1.95. The number of nitrogens with one attached hydrogen (secondary N) is 2. The minimum atomic E-state index is -0.00328. The Morgan fingerprint density at radius 3 is 2.93 bits per heavy atom. The molecule has 86 valence electrons. The van der Waals surface area contributed by atoms with Gasteiger partial charge in [-0.05, 0) is 20.3 Å². The van der Waals surface area contributed by atoms with Crippen molar-refractivity contribution in [1.29, 1.82) is 0 Å². The highest BCUT2D eigenvalue weighted by molar-refractivity contribution is 8.14. The number of aliphatic imine (C=N–C) groups is 1. The van der Waals surface area contributed by atoms with Gasteiger partial charge >= 0.3 is 0 Å². The third-order valence-corrected chi connectivity index (χ3v) is 3.32. The van der Waals surface area contributed by atoms with Crippen molar-refractivity contribution in [2.24, 2.45) is 4.99 Å². The average Bonchev–Trinajstić information content (AvgIpc) is 2.52. The number of carbonyl (C=O) groups excluding carboxylic acids is 1. The Labute approximate surface area is 95.3 Å². The van der Waals surface area contributed by atoms with E-state index in [-0.39, 0.29) is 18.0 Å². The molecule has 0 aromatic heterocycles. The molecule has 0 aliphatic carbocycles. The van der Waals surface area contributed by atoms with Crippen molar-refractivity contribution in [3.63, 3.8) is 0 Å². The molecule has 0 unspecified atom stereocenters. The summed E-state index contributed by atoms with van der Waals surface area (Å²) >= 11 is 1.67. The van der Waals surface area contributed by atoms with Gasteiger partial charge in [0.05, 0.1) is 0 Å². The maximum absolute atomic E-state index is 11.3. The monoisotopic (exact) mass is 229 g/mol. The largest absolute Gasteiger partial charge is 0.359 e. The predicted molar refractivity (Wildman–Crippen MR) is 65.3 cm³/mol. The molecular weight excluding hydrogens is 210 g/mol. The summed E-state index contributed by atoms with van der Waals surface area (Å²) < 4.78 is 0. The Kier molecular flexibility index (Phi) is 4.45. The van der Waals surface area contributed by atoms with Gasteiger partial charge in [-0.3, -0.25) is 9.79 Å². The van der Waals surface area contributed by atoms with E-state index in [1.54, 1.807) is 11.8 Å². The SMILES string of the molecule is CCCNC(=O)CN=C1NC(C)(C)CS1. The second-order valence-corrected chi connectivity index (χ2v) is 5.23. The van der Waals surface area contributed by atoms with E-state index in [1.807, 2.05) is 6.92 Å². The first-order chi connectivity index (χ1) is 7.03. The molecule has 0 spiro atoms. The molecule has 2 N–H and O–H groups in total. The molecule has 1 amide bonds. The molecule has 15 heavy (non-hydrogen) atoms. The highest BCUT2D eigenvalue weighted by Gasteiger charge is 2.27. The van der Waals surface area contributed by atoms with E-state index in [0.717, 1.165) is 23.9 Å². The number of nitrogens with zero attached hydrogens (tertiary/aromatic N) is 1. The standard InChI is InChI=1S/C10H19N3OS/c1-4-5-11-8(14)6-12-9-13-10(2,3)7-15-9/h4-7H2,1-3H3,(H,11,14)(H,12,13). The maximum Gasteiger partial charge on any atom is 0.241 e. The van der Waals surface area contributed by atoms with E-state index < -0.39 is 0 Å². The summed E-state index contributed by atoms with van der Waals surface area (Å²) in [6.07, 6.45) is 0.961. The average molecular weight is 229 g/mol. The van der Waals surface area contributed by atoms with Crippen LogP contribution in [-0.2, 0) is 4.79 Å². The Morgan fingerprint density at radius 1 is 1.67 bits per heavy atom. The number of thioether (sulfide) groups is 1. The predicted octanol–water partition coefficient (Wildman–Crippen LogP) is 0.984. The molecule has 1 fully saturated rings. The van der Waals surface area contributed by atoms with Crippen LogP contribution in [0.2, 0.25) is 0 Å². The van der Waals surface area contributed by atoms with Gasteiger partial charge in [0, 0.05) is 17.8 Å². The smallest absolute Gasteiger partial charge is 0.241 e. The zero-order valence-corrected chi connectivity index (χ0v) is 10.4. The van der Waals surface area contributed by atoms with Crippen LogP contribution in [0.5, 0.6) is 0 Å². The summed E-state index contributed by atoms with van der Waals surface area (Å²) in [5.41, 5.74) is 0.101. The Bertz CT molecular complexity index is 263. The van der Waals surface area contributed by atoms with E-state index in [9.17, 15) is 4.79 Å². The molecule has 0 radical (unpaired) electrons. The number of amides is 1. The second-order valence-electron chi connectivity index (χ2n) is 4.27. The summed E-state index contributed by atoms with van der Waals surface area (Å²) in [5.74, 6) is 0.999. The van der Waals surface area contributed by atoms with Crippen LogP contribution >= 0.6 is 11.8 Å². The van der Waals surface area contributed by atoms with Crippen LogP contribution in [0.4, 0.5) is 0 Å². The zero-order valence-electron chi connectivity index (χ0n) is 9.59. The minimum absolute atomic E-state index is 0.00328. The summed E-state index contributed by atoms with van der Waals surface area (Å²) in [6, 6.07) is 0. The fourth-order valence-electron chi connectivity index (χ4n) is 1.16. The van der Waals surface area contributed by atoms with Crippen molar-refractivity contribution in [1.82, 2.24) is 10.6 Å². The van der Waals surface area contributed by atoms with Gasteiger partial charge in [-0.25, -0.2) is 0 Å². The summed E-state index contributed by atoms with van der Waals surface area (Å²) in [6.45, 7) is 7.24. The quantitative estimate of drug-likeness (QED) is 0.755. The lowest BCUT2D eigenvalue weighted by Gasteiger charge is -2.15. The molecule has 0 aromatic rings. The van der Waals surface area contributed by atoms with E-state index in [0.29, 0.717) is 0 Å². The van der Waals surface area contributed by atoms with Gasteiger partial charge in [0.1, 0.15) is 6.54 Å². The zero-order chi connectivity index (χ0) is 11.3. The van der Waals surface area contributed by atoms with Crippen molar-refractivity contribution >= 4 is 22.8 Å². The first-order valence-corrected chi connectivity index (χ1v) is 6.24. The van der Waals surface area contributed by atoms with E-state index in [2.05, 4.69) is 29.5 Å². The highest BCUT2D eigenvalue weighted by Crippen LogP contribution is 2.21. The van der Waals surface area contributed by atoms with Crippen molar-refractivity contribution in [2.45, 2.75) is 32.7 Å². The van der Waals surface area contributed by atoms with Gasteiger partial charge in [-0.15, -0.1) is 0 Å². The van der Waals surface area contributed by atoms with Crippen LogP contribution in [-0.4, -0.2) is 35.5 Å². The molecule has 5 heteroatoms. The molecule has 1 saturated heterocycles. The number of hydrogen-bond acceptors (Lipinski definition) is 3. The lowest BCUT2D eigenvalue weighted by Crippen LogP contribution is -2.37. The molecule has 0 atom stereocenters. The normalized spacial score (nSPS) is 21.4. The van der Waals surface area contributed by atoms with Gasteiger partial charge in [0.15, 0.2) is 5.17 Å². The molecule has 1 aliphatic rings. The highest BCUT2D eigenvalue weighted by atomic mass is 32.2. The van der Waals surface area contributed by atoms with Crippen molar-refractivity contribution in [3.05, 3.63) is 0 Å². The van der Waals surface area contributed by atoms with Crippen LogP contribution in [0.15, 0.2) is 4.99 Å². The number of hydrogen-bond donors (Lipinski definition) is 2. The lowest BCUT2D eigenvalue weighted by molar-refractivity contribution is -0.119. The van der Waals surface area contributed by atoms with Crippen LogP contribution < -0.4 is 10.6 Å². The Balaban J connectivity index is 2.30. The Morgan fingerprint density at radius 2 is 2.40 bits per heavy atom. The molecule has 0 bridgehead atoms. The summed E-state index contributed by atoms with van der Waals surface area (Å²) in [7, 11) is 0. The van der Waals surface area contributed by atoms with Crippen molar-refractivity contribution in [3.8, 4) is 0 Å². The van der Waals surface area contributed by atoms with Crippen molar-refractivity contribution in [2.75, 3.05) is 18.8 Å². The fraction of sp³-hybridized carbons (Fsp3) is 0.800. The number of rotatable bonds is 4. The van der Waals surface area contributed by atoms with Crippen LogP contribution in [0.1, 0.15) is 27.2 Å². The van der Waals surface area contributed by atoms with Gasteiger partial charge in [-0.2, -0.15) is 0 Å². The maximum atomic E-state index is 11.3. The molecule has 0 saturated carbocycles. The fourth-order valence-corrected chi connectivity index (χ4v) is 2.23. The molecule has 0 aromatic carbocycles. The van der Waals surface area contributed by atoms with Crippen molar-refractivity contribution < 1.29 is 4.79 Å². The van der Waals surface area contributed by atoms with E-state index >= 15 is 0 Å². The van der Waals surface area contributed by atoms with E-state index in [4.69, 9.17) is 0 Å².